The molecule has 0 saturated heterocycles. The molecule has 0 aliphatic heterocycles. The van der Waals surface area contributed by atoms with Gasteiger partial charge in [0.2, 0.25) is 4.96 Å². The zero-order valence-corrected chi connectivity index (χ0v) is 12.2. The van der Waals surface area contributed by atoms with Crippen LogP contribution in [0.4, 0.5) is 0 Å². The van der Waals surface area contributed by atoms with Gasteiger partial charge in [-0.15, -0.1) is 10.2 Å². The maximum atomic E-state index is 6.03. The summed E-state index contributed by atoms with van der Waals surface area (Å²) in [7, 11) is 0. The number of halogens is 1. The van der Waals surface area contributed by atoms with Crippen molar-refractivity contribution in [2.24, 2.45) is 0 Å². The molecule has 3 aromatic heterocycles. The van der Waals surface area contributed by atoms with Crippen molar-refractivity contribution in [2.45, 2.75) is 0 Å². The predicted molar refractivity (Wildman–Crippen MR) is 82.3 cm³/mol. The molecule has 7 heteroatoms. The Morgan fingerprint density at radius 1 is 1.05 bits per heavy atom. The molecule has 0 atom stereocenters. The highest BCUT2D eigenvalue weighted by Gasteiger charge is 2.14. The Hall–Kier alpha value is -2.31. The van der Waals surface area contributed by atoms with E-state index in [2.05, 4.69) is 20.3 Å². The predicted octanol–water partition coefficient (Wildman–Crippen LogP) is 3.57. The van der Waals surface area contributed by atoms with Gasteiger partial charge in [0.05, 0.1) is 0 Å². The summed E-state index contributed by atoms with van der Waals surface area (Å²) in [6.07, 6.45) is 3.52. The van der Waals surface area contributed by atoms with E-state index < -0.39 is 0 Å². The van der Waals surface area contributed by atoms with Gasteiger partial charge in [-0.3, -0.25) is 4.98 Å². The number of benzene rings is 1. The SMILES string of the molecule is Clc1cccc(-c2nnc3sc(-c4cccnc4)nn23)c1. The molecule has 0 spiro atoms. The van der Waals surface area contributed by atoms with E-state index in [0.29, 0.717) is 10.8 Å². The molecule has 0 saturated carbocycles. The Kier molecular flexibility index (Phi) is 2.90. The van der Waals surface area contributed by atoms with Gasteiger partial charge >= 0.3 is 0 Å². The smallest absolute Gasteiger partial charge is 0.235 e. The fourth-order valence-electron chi connectivity index (χ4n) is 2.03. The summed E-state index contributed by atoms with van der Waals surface area (Å²) in [5.74, 6) is 0.680. The van der Waals surface area contributed by atoms with E-state index in [1.165, 1.54) is 11.3 Å². The van der Waals surface area contributed by atoms with E-state index in [0.717, 1.165) is 21.1 Å². The van der Waals surface area contributed by atoms with Crippen LogP contribution in [-0.2, 0) is 0 Å². The van der Waals surface area contributed by atoms with E-state index in [4.69, 9.17) is 11.6 Å². The molecule has 4 aromatic rings. The molecule has 0 radical (unpaired) electrons. The second-order valence-electron chi connectivity index (χ2n) is 4.38. The van der Waals surface area contributed by atoms with Crippen LogP contribution < -0.4 is 0 Å². The van der Waals surface area contributed by atoms with Crippen LogP contribution in [0.25, 0.3) is 26.9 Å². The van der Waals surface area contributed by atoms with Crippen molar-refractivity contribution in [1.29, 1.82) is 0 Å². The summed E-state index contributed by atoms with van der Waals surface area (Å²) in [6, 6.07) is 11.3. The van der Waals surface area contributed by atoms with Crippen LogP contribution in [0, 0.1) is 0 Å². The van der Waals surface area contributed by atoms with Crippen molar-refractivity contribution in [2.75, 3.05) is 0 Å². The molecule has 5 nitrogen and oxygen atoms in total. The van der Waals surface area contributed by atoms with Crippen molar-refractivity contribution in [3.63, 3.8) is 0 Å². The molecule has 1 aromatic carbocycles. The van der Waals surface area contributed by atoms with Gasteiger partial charge in [0.15, 0.2) is 5.82 Å². The van der Waals surface area contributed by atoms with Gasteiger partial charge in [-0.05, 0) is 24.3 Å². The summed E-state index contributed by atoms with van der Waals surface area (Å²) in [6.45, 7) is 0. The van der Waals surface area contributed by atoms with E-state index in [9.17, 15) is 0 Å². The molecule has 4 rings (SSSR count). The largest absolute Gasteiger partial charge is 0.264 e. The Morgan fingerprint density at radius 2 is 1.95 bits per heavy atom. The highest BCUT2D eigenvalue weighted by molar-refractivity contribution is 7.19. The number of hydrogen-bond acceptors (Lipinski definition) is 5. The van der Waals surface area contributed by atoms with E-state index in [-0.39, 0.29) is 0 Å². The van der Waals surface area contributed by atoms with Gasteiger partial charge < -0.3 is 0 Å². The van der Waals surface area contributed by atoms with Crippen molar-refractivity contribution >= 4 is 27.9 Å². The molecular formula is C14H8ClN5S. The van der Waals surface area contributed by atoms with Crippen LogP contribution in [0.2, 0.25) is 5.02 Å². The zero-order valence-electron chi connectivity index (χ0n) is 10.6. The summed E-state index contributed by atoms with van der Waals surface area (Å²) >= 11 is 7.51. The van der Waals surface area contributed by atoms with Crippen LogP contribution in [-0.4, -0.2) is 24.8 Å². The Balaban J connectivity index is 1.87. The molecule has 3 heterocycles. The van der Waals surface area contributed by atoms with Crippen molar-refractivity contribution in [3.8, 4) is 22.0 Å². The number of pyridine rings is 1. The third-order valence-electron chi connectivity index (χ3n) is 2.98. The number of fused-ring (bicyclic) bond motifs is 1. The molecule has 0 aliphatic carbocycles. The van der Waals surface area contributed by atoms with Crippen LogP contribution in [0.5, 0.6) is 0 Å². The number of hydrogen-bond donors (Lipinski definition) is 0. The van der Waals surface area contributed by atoms with Crippen LogP contribution in [0.3, 0.4) is 0 Å². The van der Waals surface area contributed by atoms with Crippen LogP contribution in [0.1, 0.15) is 0 Å². The van der Waals surface area contributed by atoms with Gasteiger partial charge in [0, 0.05) is 28.5 Å². The Morgan fingerprint density at radius 3 is 2.76 bits per heavy atom. The fraction of sp³-hybridized carbons (Fsp3) is 0. The normalized spacial score (nSPS) is 11.1. The second-order valence-corrected chi connectivity index (χ2v) is 5.77. The van der Waals surface area contributed by atoms with Gasteiger partial charge in [-0.1, -0.05) is 35.1 Å². The highest BCUT2D eigenvalue weighted by Crippen LogP contribution is 2.28. The lowest BCUT2D eigenvalue weighted by Crippen LogP contribution is -1.91. The van der Waals surface area contributed by atoms with Gasteiger partial charge in [-0.25, -0.2) is 0 Å². The third-order valence-corrected chi connectivity index (χ3v) is 4.17. The van der Waals surface area contributed by atoms with E-state index in [1.54, 1.807) is 16.9 Å². The molecule has 0 bridgehead atoms. The third kappa shape index (κ3) is 2.18. The molecule has 0 aliphatic rings. The zero-order chi connectivity index (χ0) is 14.2. The average Bonchev–Trinajstić information content (AvgIpc) is 3.08. The molecule has 0 fully saturated rings. The lowest BCUT2D eigenvalue weighted by atomic mass is 10.2. The first kappa shape index (κ1) is 12.4. The number of nitrogens with zero attached hydrogens (tertiary/aromatic N) is 5. The minimum atomic E-state index is 0.659. The fourth-order valence-corrected chi connectivity index (χ4v) is 3.05. The highest BCUT2D eigenvalue weighted by atomic mass is 35.5. The summed E-state index contributed by atoms with van der Waals surface area (Å²) < 4.78 is 1.73. The van der Waals surface area contributed by atoms with Gasteiger partial charge in [0.1, 0.15) is 5.01 Å². The first-order chi connectivity index (χ1) is 10.3. The minimum absolute atomic E-state index is 0.659. The summed E-state index contributed by atoms with van der Waals surface area (Å²) in [5.41, 5.74) is 1.85. The number of aromatic nitrogens is 5. The van der Waals surface area contributed by atoms with Crippen LogP contribution >= 0.6 is 22.9 Å². The van der Waals surface area contributed by atoms with Crippen molar-refractivity contribution in [3.05, 3.63) is 53.8 Å². The first-order valence-corrected chi connectivity index (χ1v) is 7.39. The van der Waals surface area contributed by atoms with Gasteiger partial charge in [0.25, 0.3) is 0 Å². The monoisotopic (exact) mass is 313 g/mol. The molecule has 102 valence electrons. The standard InChI is InChI=1S/C14H8ClN5S/c15-11-5-1-3-9(7-11)12-17-18-14-20(12)19-13(21-14)10-4-2-6-16-8-10/h1-8H. The maximum absolute atomic E-state index is 6.03. The summed E-state index contributed by atoms with van der Waals surface area (Å²) in [5, 5.41) is 14.5. The first-order valence-electron chi connectivity index (χ1n) is 6.20. The van der Waals surface area contributed by atoms with E-state index in [1.807, 2.05) is 36.4 Å². The minimum Gasteiger partial charge on any atom is -0.264 e. The molecular weight excluding hydrogens is 306 g/mol. The van der Waals surface area contributed by atoms with E-state index >= 15 is 0 Å². The quantitative estimate of drug-likeness (QED) is 0.567. The molecule has 0 amide bonds. The maximum Gasteiger partial charge on any atom is 0.235 e. The van der Waals surface area contributed by atoms with Gasteiger partial charge in [-0.2, -0.15) is 9.61 Å². The Bertz CT molecular complexity index is 915. The summed E-state index contributed by atoms with van der Waals surface area (Å²) in [4.78, 5) is 4.85. The Labute approximate surface area is 128 Å². The second kappa shape index (κ2) is 4.91. The number of rotatable bonds is 2. The van der Waals surface area contributed by atoms with Crippen molar-refractivity contribution < 1.29 is 0 Å². The van der Waals surface area contributed by atoms with Crippen LogP contribution in [0.15, 0.2) is 48.8 Å². The molecule has 0 N–H and O–H groups in total. The topological polar surface area (TPSA) is 56.0 Å². The average molecular weight is 314 g/mol. The lowest BCUT2D eigenvalue weighted by Gasteiger charge is -1.97. The lowest BCUT2D eigenvalue weighted by molar-refractivity contribution is 0.970. The molecule has 0 unspecified atom stereocenters. The molecule has 21 heavy (non-hydrogen) atoms. The van der Waals surface area contributed by atoms with Crippen molar-refractivity contribution in [1.82, 2.24) is 24.8 Å².